The minimum atomic E-state index is -0.128. The van der Waals surface area contributed by atoms with E-state index in [2.05, 4.69) is 40.0 Å². The summed E-state index contributed by atoms with van der Waals surface area (Å²) >= 11 is 9.63. The van der Waals surface area contributed by atoms with Crippen LogP contribution in [0.5, 0.6) is 0 Å². The van der Waals surface area contributed by atoms with Crippen LogP contribution in [0.3, 0.4) is 0 Å². The van der Waals surface area contributed by atoms with Crippen molar-refractivity contribution in [3.05, 3.63) is 90.5 Å². The van der Waals surface area contributed by atoms with E-state index in [9.17, 15) is 9.59 Å². The molecule has 0 aliphatic carbocycles. The molecule has 3 aromatic heterocycles. The zero-order valence-electron chi connectivity index (χ0n) is 21.3. The van der Waals surface area contributed by atoms with Crippen molar-refractivity contribution < 1.29 is 4.79 Å². The highest BCUT2D eigenvalue weighted by atomic mass is 79.9. The molecule has 0 radical (unpaired) electrons. The normalized spacial score (nSPS) is 13.6. The van der Waals surface area contributed by atoms with Crippen molar-refractivity contribution in [1.29, 1.82) is 0 Å². The number of nitrogens with one attached hydrogen (secondary N) is 1. The third-order valence-corrected chi connectivity index (χ3v) is 8.38. The molecule has 10 heteroatoms. The van der Waals surface area contributed by atoms with Crippen LogP contribution in [0.2, 0.25) is 5.02 Å². The van der Waals surface area contributed by atoms with Crippen molar-refractivity contribution in [3.63, 3.8) is 0 Å². The SMILES string of the molecule is Cc1n[nH]c2cc(-n3c(=O)c4c(n5ncc(CC(C)C)c35)CN(C(=O)c3ccc(Br)c(Cl)c3)CC4)ccc12. The summed E-state index contributed by atoms with van der Waals surface area (Å²) in [6, 6.07) is 11.1. The van der Waals surface area contributed by atoms with Crippen molar-refractivity contribution in [2.24, 2.45) is 5.92 Å². The van der Waals surface area contributed by atoms with Gasteiger partial charge in [0.2, 0.25) is 0 Å². The van der Waals surface area contributed by atoms with Crippen LogP contribution < -0.4 is 5.56 Å². The number of fused-ring (bicyclic) bond motifs is 4. The molecule has 8 nitrogen and oxygen atoms in total. The Bertz CT molecular complexity index is 1800. The third kappa shape index (κ3) is 4.05. The number of aromatic amines is 1. The fourth-order valence-corrected chi connectivity index (χ4v) is 5.73. The molecular weight excluding hydrogens is 568 g/mol. The van der Waals surface area contributed by atoms with E-state index < -0.39 is 0 Å². The van der Waals surface area contributed by atoms with Gasteiger partial charge in [0.05, 0.1) is 40.4 Å². The maximum absolute atomic E-state index is 14.1. The molecular formula is C28H26BrClN6O2. The first kappa shape index (κ1) is 24.9. The number of nitrogens with zero attached hydrogens (tertiary/aromatic N) is 5. The maximum Gasteiger partial charge on any atom is 0.261 e. The van der Waals surface area contributed by atoms with Crippen molar-refractivity contribution in [3.8, 4) is 5.69 Å². The van der Waals surface area contributed by atoms with Crippen molar-refractivity contribution in [2.75, 3.05) is 6.54 Å². The molecule has 1 aliphatic rings. The standard InChI is InChI=1S/C28H26BrClN6O2/c1-15(2)10-18-13-31-36-25-14-34(27(37)17-4-7-22(29)23(30)11-17)9-8-21(25)28(38)35(26(18)36)19-5-6-20-16(3)32-33-24(20)12-19/h4-7,11-13,15H,8-10,14H2,1-3H3,(H,32,33). The number of rotatable bonds is 4. The van der Waals surface area contributed by atoms with E-state index in [0.29, 0.717) is 35.0 Å². The highest BCUT2D eigenvalue weighted by Crippen LogP contribution is 2.28. The molecule has 1 amide bonds. The van der Waals surface area contributed by atoms with Crippen molar-refractivity contribution >= 4 is 50.0 Å². The lowest BCUT2D eigenvalue weighted by molar-refractivity contribution is 0.0729. The number of benzene rings is 2. The predicted molar refractivity (Wildman–Crippen MR) is 151 cm³/mol. The van der Waals surface area contributed by atoms with Crippen LogP contribution in [0, 0.1) is 12.8 Å². The van der Waals surface area contributed by atoms with Gasteiger partial charge in [-0.15, -0.1) is 0 Å². The maximum atomic E-state index is 14.1. The topological polar surface area (TPSA) is 88.3 Å². The first-order chi connectivity index (χ1) is 18.2. The third-order valence-electron chi connectivity index (χ3n) is 7.14. The number of hydrogen-bond acceptors (Lipinski definition) is 4. The van der Waals surface area contributed by atoms with E-state index in [-0.39, 0.29) is 18.0 Å². The molecule has 0 bridgehead atoms. The van der Waals surface area contributed by atoms with E-state index in [1.54, 1.807) is 27.7 Å². The molecule has 194 valence electrons. The van der Waals surface area contributed by atoms with Crippen LogP contribution in [-0.2, 0) is 19.4 Å². The van der Waals surface area contributed by atoms with Crippen LogP contribution in [-0.4, -0.2) is 41.7 Å². The fourth-order valence-electron chi connectivity index (χ4n) is 5.31. The van der Waals surface area contributed by atoms with Gasteiger partial charge in [-0.1, -0.05) is 25.4 Å². The number of amides is 1. The van der Waals surface area contributed by atoms with Gasteiger partial charge in [-0.25, -0.2) is 4.52 Å². The Morgan fingerprint density at radius 2 is 2.03 bits per heavy atom. The number of aromatic nitrogens is 5. The molecule has 0 atom stereocenters. The second kappa shape index (κ2) is 9.39. The van der Waals surface area contributed by atoms with Gasteiger partial charge in [0.25, 0.3) is 11.5 Å². The van der Waals surface area contributed by atoms with Crippen LogP contribution in [0.1, 0.15) is 46.7 Å². The van der Waals surface area contributed by atoms with Crippen LogP contribution in [0.15, 0.2) is 51.9 Å². The number of aryl methyl sites for hydroxylation is 1. The smallest absolute Gasteiger partial charge is 0.261 e. The monoisotopic (exact) mass is 592 g/mol. The minimum Gasteiger partial charge on any atom is -0.332 e. The largest absolute Gasteiger partial charge is 0.332 e. The number of carbonyl (C=O) groups is 1. The average molecular weight is 594 g/mol. The molecule has 0 unspecified atom stereocenters. The zero-order chi connectivity index (χ0) is 26.7. The van der Waals surface area contributed by atoms with Crippen LogP contribution in [0.4, 0.5) is 0 Å². The lowest BCUT2D eigenvalue weighted by atomic mass is 10.0. The van der Waals surface area contributed by atoms with Gasteiger partial charge >= 0.3 is 0 Å². The summed E-state index contributed by atoms with van der Waals surface area (Å²) in [4.78, 5) is 29.3. The molecule has 0 saturated heterocycles. The Labute approximate surface area is 232 Å². The van der Waals surface area contributed by atoms with Gasteiger partial charge < -0.3 is 4.90 Å². The predicted octanol–water partition coefficient (Wildman–Crippen LogP) is 5.48. The van der Waals surface area contributed by atoms with E-state index in [1.807, 2.05) is 35.8 Å². The van der Waals surface area contributed by atoms with E-state index in [1.165, 1.54) is 0 Å². The highest BCUT2D eigenvalue weighted by Gasteiger charge is 2.29. The average Bonchev–Trinajstić information content (AvgIpc) is 3.48. The van der Waals surface area contributed by atoms with Gasteiger partial charge in [-0.05, 0) is 78.0 Å². The number of halogens is 2. The van der Waals surface area contributed by atoms with E-state index in [0.717, 1.165) is 50.1 Å². The molecule has 0 saturated carbocycles. The van der Waals surface area contributed by atoms with Crippen molar-refractivity contribution in [2.45, 2.75) is 40.2 Å². The van der Waals surface area contributed by atoms with Gasteiger partial charge in [0, 0.05) is 33.1 Å². The molecule has 5 aromatic rings. The highest BCUT2D eigenvalue weighted by molar-refractivity contribution is 9.10. The Morgan fingerprint density at radius 1 is 1.21 bits per heavy atom. The Morgan fingerprint density at radius 3 is 2.79 bits per heavy atom. The molecule has 2 aromatic carbocycles. The van der Waals surface area contributed by atoms with Crippen LogP contribution >= 0.6 is 27.5 Å². The van der Waals surface area contributed by atoms with Gasteiger partial charge in [0.15, 0.2) is 0 Å². The summed E-state index contributed by atoms with van der Waals surface area (Å²) in [7, 11) is 0. The number of hydrogen-bond donors (Lipinski definition) is 1. The first-order valence-electron chi connectivity index (χ1n) is 12.6. The van der Waals surface area contributed by atoms with E-state index in [4.69, 9.17) is 16.7 Å². The quantitative estimate of drug-likeness (QED) is 0.299. The zero-order valence-corrected chi connectivity index (χ0v) is 23.6. The molecule has 0 fully saturated rings. The lowest BCUT2D eigenvalue weighted by Gasteiger charge is -2.30. The molecule has 1 aliphatic heterocycles. The van der Waals surface area contributed by atoms with Gasteiger partial charge in [0.1, 0.15) is 5.65 Å². The summed E-state index contributed by atoms with van der Waals surface area (Å²) in [5.74, 6) is 0.248. The molecule has 38 heavy (non-hydrogen) atoms. The van der Waals surface area contributed by atoms with Crippen molar-refractivity contribution in [1.82, 2.24) is 29.3 Å². The Kier molecular flexibility index (Phi) is 6.15. The summed E-state index contributed by atoms with van der Waals surface area (Å²) in [5, 5.41) is 13.6. The summed E-state index contributed by atoms with van der Waals surface area (Å²) < 4.78 is 4.36. The number of H-pyrrole nitrogens is 1. The molecule has 4 heterocycles. The Balaban J connectivity index is 1.51. The second-order valence-corrected chi connectivity index (χ2v) is 11.5. The molecule has 0 spiro atoms. The molecule has 1 N–H and O–H groups in total. The lowest BCUT2D eigenvalue weighted by Crippen LogP contribution is -2.41. The van der Waals surface area contributed by atoms with Crippen LogP contribution in [0.25, 0.3) is 22.2 Å². The minimum absolute atomic E-state index is 0.0765. The molecule has 6 rings (SSSR count). The van der Waals surface area contributed by atoms with Gasteiger partial charge in [-0.3, -0.25) is 19.3 Å². The number of carbonyl (C=O) groups excluding carboxylic acids is 1. The van der Waals surface area contributed by atoms with E-state index >= 15 is 0 Å². The Hall–Kier alpha value is -3.43. The summed E-state index contributed by atoms with van der Waals surface area (Å²) in [6.45, 7) is 6.96. The first-order valence-corrected chi connectivity index (χ1v) is 13.7. The second-order valence-electron chi connectivity index (χ2n) is 10.2. The fraction of sp³-hybridized carbons (Fsp3) is 0.286. The summed E-state index contributed by atoms with van der Waals surface area (Å²) in [6.07, 6.45) is 3.05. The summed E-state index contributed by atoms with van der Waals surface area (Å²) in [5.41, 5.74) is 6.12. The van der Waals surface area contributed by atoms with Gasteiger partial charge in [-0.2, -0.15) is 10.2 Å².